The number of rotatable bonds is 3. The van der Waals surface area contributed by atoms with Crippen LogP contribution >= 0.6 is 0 Å². The zero-order valence-corrected chi connectivity index (χ0v) is 11.2. The van der Waals surface area contributed by atoms with E-state index in [9.17, 15) is 0 Å². The van der Waals surface area contributed by atoms with Gasteiger partial charge in [-0.3, -0.25) is 0 Å². The van der Waals surface area contributed by atoms with Crippen molar-refractivity contribution in [2.24, 2.45) is 5.92 Å². The van der Waals surface area contributed by atoms with Crippen molar-refractivity contribution in [2.45, 2.75) is 51.1 Å². The van der Waals surface area contributed by atoms with Crippen LogP contribution in [0.15, 0.2) is 4.42 Å². The van der Waals surface area contributed by atoms with Gasteiger partial charge < -0.3 is 14.6 Å². The predicted octanol–water partition coefficient (Wildman–Crippen LogP) is 2.12. The molecule has 0 radical (unpaired) electrons. The van der Waals surface area contributed by atoms with Crippen LogP contribution < -0.4 is 10.2 Å². The van der Waals surface area contributed by atoms with Gasteiger partial charge in [0.1, 0.15) is 0 Å². The van der Waals surface area contributed by atoms with Gasteiger partial charge >= 0.3 is 6.01 Å². The summed E-state index contributed by atoms with van der Waals surface area (Å²) in [4.78, 5) is 2.34. The van der Waals surface area contributed by atoms with E-state index in [4.69, 9.17) is 4.42 Å². The summed E-state index contributed by atoms with van der Waals surface area (Å²) in [5.41, 5.74) is 0. The molecule has 100 valence electrons. The van der Waals surface area contributed by atoms with Crippen molar-refractivity contribution in [3.63, 3.8) is 0 Å². The minimum Gasteiger partial charge on any atom is -0.406 e. The molecule has 5 heteroatoms. The van der Waals surface area contributed by atoms with Gasteiger partial charge in [-0.2, -0.15) is 0 Å². The van der Waals surface area contributed by atoms with E-state index in [1.165, 1.54) is 32.1 Å². The molecule has 1 saturated carbocycles. The fourth-order valence-corrected chi connectivity index (χ4v) is 3.28. The highest BCUT2D eigenvalue weighted by Gasteiger charge is 2.38. The van der Waals surface area contributed by atoms with Crippen molar-refractivity contribution in [3.8, 4) is 0 Å². The largest absolute Gasteiger partial charge is 0.406 e. The highest BCUT2D eigenvalue weighted by molar-refractivity contribution is 5.30. The van der Waals surface area contributed by atoms with E-state index < -0.39 is 0 Å². The highest BCUT2D eigenvalue weighted by atomic mass is 16.4. The van der Waals surface area contributed by atoms with Gasteiger partial charge in [0.2, 0.25) is 5.89 Å². The van der Waals surface area contributed by atoms with Gasteiger partial charge in [0.05, 0.1) is 6.04 Å². The van der Waals surface area contributed by atoms with Crippen LogP contribution in [0.5, 0.6) is 0 Å². The summed E-state index contributed by atoms with van der Waals surface area (Å²) < 4.78 is 5.81. The molecule has 0 aromatic carbocycles. The summed E-state index contributed by atoms with van der Waals surface area (Å²) in [6.45, 7) is 3.11. The number of nitrogens with one attached hydrogen (secondary N) is 1. The Balaban J connectivity index is 1.76. The van der Waals surface area contributed by atoms with E-state index in [2.05, 4.69) is 20.4 Å². The second-order valence-electron chi connectivity index (χ2n) is 5.53. The molecule has 1 aliphatic heterocycles. The van der Waals surface area contributed by atoms with Crippen LogP contribution in [0, 0.1) is 5.92 Å². The molecule has 1 N–H and O–H groups in total. The second kappa shape index (κ2) is 4.88. The zero-order valence-electron chi connectivity index (χ0n) is 11.2. The molecule has 3 unspecified atom stereocenters. The molecule has 5 nitrogen and oxygen atoms in total. The Labute approximate surface area is 108 Å². The normalized spacial score (nSPS) is 29.3. The lowest BCUT2D eigenvalue weighted by molar-refractivity contribution is 0.332. The molecule has 1 aliphatic carbocycles. The lowest BCUT2D eigenvalue weighted by Crippen LogP contribution is -2.34. The van der Waals surface area contributed by atoms with Crippen LogP contribution in [0.1, 0.15) is 51.0 Å². The molecule has 2 heterocycles. The quantitative estimate of drug-likeness (QED) is 0.890. The maximum Gasteiger partial charge on any atom is 0.318 e. The molecule has 1 aromatic rings. The Hall–Kier alpha value is -1.10. The third-order valence-corrected chi connectivity index (χ3v) is 4.49. The minimum absolute atomic E-state index is 0.121. The number of hydrogen-bond donors (Lipinski definition) is 1. The van der Waals surface area contributed by atoms with E-state index in [1.54, 1.807) is 0 Å². The van der Waals surface area contributed by atoms with Gasteiger partial charge in [-0.1, -0.05) is 17.9 Å². The number of fused-ring (bicyclic) bond motifs is 1. The standard InChI is InChI=1S/C13H22N4O/c1-9(14-2)12-15-16-13(18-12)17-8-7-10-5-3-4-6-11(10)17/h9-11,14H,3-8H2,1-2H3. The summed E-state index contributed by atoms with van der Waals surface area (Å²) in [7, 11) is 1.90. The van der Waals surface area contributed by atoms with Gasteiger partial charge in [-0.25, -0.2) is 0 Å². The second-order valence-corrected chi connectivity index (χ2v) is 5.53. The Morgan fingerprint density at radius 1 is 1.28 bits per heavy atom. The molecule has 1 aromatic heterocycles. The van der Waals surface area contributed by atoms with E-state index >= 15 is 0 Å². The van der Waals surface area contributed by atoms with Gasteiger partial charge in [0.25, 0.3) is 0 Å². The van der Waals surface area contributed by atoms with E-state index in [1.807, 2.05) is 14.0 Å². The third kappa shape index (κ3) is 2.00. The summed E-state index contributed by atoms with van der Waals surface area (Å²) >= 11 is 0. The minimum atomic E-state index is 0.121. The first-order valence-corrected chi connectivity index (χ1v) is 7.07. The predicted molar refractivity (Wildman–Crippen MR) is 69.5 cm³/mol. The van der Waals surface area contributed by atoms with E-state index in [-0.39, 0.29) is 6.04 Å². The lowest BCUT2D eigenvalue weighted by atomic mass is 9.85. The molecular weight excluding hydrogens is 228 g/mol. The van der Waals surface area contributed by atoms with Crippen LogP contribution in [-0.4, -0.2) is 29.8 Å². The molecule has 0 spiro atoms. The van der Waals surface area contributed by atoms with E-state index in [0.29, 0.717) is 11.9 Å². The third-order valence-electron chi connectivity index (χ3n) is 4.49. The molecule has 18 heavy (non-hydrogen) atoms. The van der Waals surface area contributed by atoms with Crippen molar-refractivity contribution in [1.29, 1.82) is 0 Å². The number of anilines is 1. The van der Waals surface area contributed by atoms with Crippen LogP contribution in [0.4, 0.5) is 6.01 Å². The lowest BCUT2D eigenvalue weighted by Gasteiger charge is -2.30. The van der Waals surface area contributed by atoms with Crippen LogP contribution in [0.2, 0.25) is 0 Å². The first kappa shape index (κ1) is 12.0. The smallest absolute Gasteiger partial charge is 0.318 e. The molecule has 2 fully saturated rings. The van der Waals surface area contributed by atoms with Gasteiger partial charge in [0.15, 0.2) is 0 Å². The van der Waals surface area contributed by atoms with Gasteiger partial charge in [0, 0.05) is 12.6 Å². The SMILES string of the molecule is CNC(C)c1nnc(N2CCC3CCCCC32)o1. The summed E-state index contributed by atoms with van der Waals surface area (Å²) in [6.07, 6.45) is 6.66. The maximum atomic E-state index is 5.81. The van der Waals surface area contributed by atoms with Gasteiger partial charge in [-0.15, -0.1) is 5.10 Å². The van der Waals surface area contributed by atoms with E-state index in [0.717, 1.165) is 18.5 Å². The Kier molecular flexibility index (Phi) is 3.24. The number of nitrogens with zero attached hydrogens (tertiary/aromatic N) is 3. The van der Waals surface area contributed by atoms with Crippen molar-refractivity contribution in [1.82, 2.24) is 15.5 Å². The Bertz CT molecular complexity index is 405. The monoisotopic (exact) mass is 250 g/mol. The van der Waals surface area contributed by atoms with Crippen molar-refractivity contribution in [2.75, 3.05) is 18.5 Å². The van der Waals surface area contributed by atoms with Crippen LogP contribution in [-0.2, 0) is 0 Å². The summed E-state index contributed by atoms with van der Waals surface area (Å²) in [5.74, 6) is 1.53. The molecule has 3 atom stereocenters. The molecule has 0 amide bonds. The first-order valence-electron chi connectivity index (χ1n) is 7.07. The van der Waals surface area contributed by atoms with Gasteiger partial charge in [-0.05, 0) is 39.2 Å². The van der Waals surface area contributed by atoms with Crippen molar-refractivity contribution < 1.29 is 4.42 Å². The first-order chi connectivity index (χ1) is 8.79. The average molecular weight is 250 g/mol. The fourth-order valence-electron chi connectivity index (χ4n) is 3.28. The average Bonchev–Trinajstić information content (AvgIpc) is 3.03. The van der Waals surface area contributed by atoms with Crippen molar-refractivity contribution >= 4 is 6.01 Å². The van der Waals surface area contributed by atoms with Crippen molar-refractivity contribution in [3.05, 3.63) is 5.89 Å². The fraction of sp³-hybridized carbons (Fsp3) is 0.846. The number of hydrogen-bond acceptors (Lipinski definition) is 5. The van der Waals surface area contributed by atoms with Crippen LogP contribution in [0.25, 0.3) is 0 Å². The number of aromatic nitrogens is 2. The highest BCUT2D eigenvalue weighted by Crippen LogP contribution is 2.38. The molecule has 2 aliphatic rings. The maximum absolute atomic E-state index is 5.81. The Morgan fingerprint density at radius 2 is 2.11 bits per heavy atom. The Morgan fingerprint density at radius 3 is 2.94 bits per heavy atom. The molecule has 3 rings (SSSR count). The topological polar surface area (TPSA) is 54.2 Å². The molecular formula is C13H22N4O. The summed E-state index contributed by atoms with van der Waals surface area (Å²) in [6, 6.07) is 1.48. The van der Waals surface area contributed by atoms with Crippen LogP contribution in [0.3, 0.4) is 0 Å². The molecule has 0 bridgehead atoms. The zero-order chi connectivity index (χ0) is 12.5. The molecule has 1 saturated heterocycles. The summed E-state index contributed by atoms with van der Waals surface area (Å²) in [5, 5.41) is 11.5.